The lowest BCUT2D eigenvalue weighted by molar-refractivity contribution is 0.180. The van der Waals surface area contributed by atoms with Crippen molar-refractivity contribution in [2.75, 3.05) is 0 Å². The van der Waals surface area contributed by atoms with E-state index in [4.69, 9.17) is 5.11 Å². The first-order valence-corrected chi connectivity index (χ1v) is 8.36. The highest BCUT2D eigenvalue weighted by atomic mass is 16.3. The van der Waals surface area contributed by atoms with E-state index in [0.717, 1.165) is 25.7 Å². The standard InChI is InChI=1S/C19H34O/c1-3-4-5-6-7-8-9-10-11-12-13-14-15-16-17-18-19(2)20/h3,9-10,12-13,19-20H,1,4-8,11,14-18H2,2H3. The van der Waals surface area contributed by atoms with Crippen molar-refractivity contribution < 1.29 is 5.11 Å². The van der Waals surface area contributed by atoms with Gasteiger partial charge in [-0.15, -0.1) is 6.58 Å². The maximum atomic E-state index is 9.13. The van der Waals surface area contributed by atoms with Crippen molar-refractivity contribution in [2.45, 2.75) is 83.7 Å². The van der Waals surface area contributed by atoms with Crippen molar-refractivity contribution in [2.24, 2.45) is 0 Å². The quantitative estimate of drug-likeness (QED) is 0.307. The van der Waals surface area contributed by atoms with Crippen molar-refractivity contribution in [1.82, 2.24) is 0 Å². The van der Waals surface area contributed by atoms with Gasteiger partial charge in [-0.1, -0.05) is 49.6 Å². The molecule has 0 aliphatic heterocycles. The topological polar surface area (TPSA) is 20.2 Å². The molecule has 0 spiro atoms. The van der Waals surface area contributed by atoms with E-state index in [1.165, 1.54) is 44.9 Å². The molecule has 116 valence electrons. The minimum absolute atomic E-state index is 0.132. The molecule has 0 rings (SSSR count). The lowest BCUT2D eigenvalue weighted by Gasteiger charge is -2.01. The fourth-order valence-corrected chi connectivity index (χ4v) is 2.11. The summed E-state index contributed by atoms with van der Waals surface area (Å²) in [4.78, 5) is 0. The van der Waals surface area contributed by atoms with Gasteiger partial charge in [0.15, 0.2) is 0 Å². The molecular weight excluding hydrogens is 244 g/mol. The summed E-state index contributed by atoms with van der Waals surface area (Å²) in [5.74, 6) is 0. The summed E-state index contributed by atoms with van der Waals surface area (Å²) >= 11 is 0. The molecular formula is C19H34O. The zero-order valence-electron chi connectivity index (χ0n) is 13.4. The second-order valence-corrected chi connectivity index (χ2v) is 5.59. The molecule has 20 heavy (non-hydrogen) atoms. The third kappa shape index (κ3) is 17.2. The van der Waals surface area contributed by atoms with Gasteiger partial charge in [0.05, 0.1) is 6.10 Å². The molecule has 1 atom stereocenters. The monoisotopic (exact) mass is 278 g/mol. The van der Waals surface area contributed by atoms with Gasteiger partial charge in [-0.25, -0.2) is 0 Å². The third-order valence-electron chi connectivity index (χ3n) is 3.38. The molecule has 0 aliphatic carbocycles. The summed E-state index contributed by atoms with van der Waals surface area (Å²) in [6.45, 7) is 5.60. The van der Waals surface area contributed by atoms with Crippen molar-refractivity contribution >= 4 is 0 Å². The number of aliphatic hydroxyl groups excluding tert-OH is 1. The molecule has 0 saturated heterocycles. The molecule has 1 unspecified atom stereocenters. The average Bonchev–Trinajstić information content (AvgIpc) is 2.43. The van der Waals surface area contributed by atoms with E-state index < -0.39 is 0 Å². The Labute approximate surface area is 126 Å². The number of hydrogen-bond donors (Lipinski definition) is 1. The summed E-state index contributed by atoms with van der Waals surface area (Å²) in [5.41, 5.74) is 0. The Balaban J connectivity index is 3.20. The van der Waals surface area contributed by atoms with Gasteiger partial charge in [0.1, 0.15) is 0 Å². The van der Waals surface area contributed by atoms with Gasteiger partial charge in [0, 0.05) is 0 Å². The van der Waals surface area contributed by atoms with E-state index in [2.05, 4.69) is 30.9 Å². The molecule has 0 amide bonds. The maximum absolute atomic E-state index is 9.13. The number of unbranched alkanes of at least 4 members (excludes halogenated alkanes) is 7. The van der Waals surface area contributed by atoms with E-state index >= 15 is 0 Å². The summed E-state index contributed by atoms with van der Waals surface area (Å²) in [6, 6.07) is 0. The van der Waals surface area contributed by atoms with Gasteiger partial charge >= 0.3 is 0 Å². The highest BCUT2D eigenvalue weighted by Crippen LogP contribution is 2.07. The van der Waals surface area contributed by atoms with Crippen LogP contribution in [-0.2, 0) is 0 Å². The minimum Gasteiger partial charge on any atom is -0.393 e. The number of hydrogen-bond acceptors (Lipinski definition) is 1. The van der Waals surface area contributed by atoms with Crippen molar-refractivity contribution in [3.05, 3.63) is 37.0 Å². The molecule has 0 aromatic carbocycles. The van der Waals surface area contributed by atoms with E-state index in [1.807, 2.05) is 13.0 Å². The predicted octanol–water partition coefficient (Wildman–Crippen LogP) is 5.96. The summed E-state index contributed by atoms with van der Waals surface area (Å²) in [7, 11) is 0. The minimum atomic E-state index is -0.132. The van der Waals surface area contributed by atoms with Crippen LogP contribution in [0.1, 0.15) is 77.6 Å². The normalized spacial score (nSPS) is 13.3. The van der Waals surface area contributed by atoms with Gasteiger partial charge in [-0.3, -0.25) is 0 Å². The molecule has 0 aromatic rings. The zero-order chi connectivity index (χ0) is 14.9. The molecule has 0 aromatic heterocycles. The van der Waals surface area contributed by atoms with Crippen LogP contribution in [0.15, 0.2) is 37.0 Å². The first kappa shape index (κ1) is 19.2. The fourth-order valence-electron chi connectivity index (χ4n) is 2.11. The fraction of sp³-hybridized carbons (Fsp3) is 0.684. The van der Waals surface area contributed by atoms with Crippen molar-refractivity contribution in [3.63, 3.8) is 0 Å². The molecule has 1 heteroatoms. The van der Waals surface area contributed by atoms with Gasteiger partial charge in [0.2, 0.25) is 0 Å². The molecule has 0 saturated carbocycles. The van der Waals surface area contributed by atoms with Crippen LogP contribution in [0, 0.1) is 0 Å². The third-order valence-corrected chi connectivity index (χ3v) is 3.38. The lowest BCUT2D eigenvalue weighted by atomic mass is 10.1. The maximum Gasteiger partial charge on any atom is 0.0512 e. The molecule has 1 N–H and O–H groups in total. The SMILES string of the molecule is C=CCCCCCC=CCC=CCCCCCC(C)O. The smallest absolute Gasteiger partial charge is 0.0512 e. The van der Waals surface area contributed by atoms with E-state index in [-0.39, 0.29) is 6.10 Å². The van der Waals surface area contributed by atoms with Crippen molar-refractivity contribution in [1.29, 1.82) is 0 Å². The molecule has 0 fully saturated rings. The predicted molar refractivity (Wildman–Crippen MR) is 90.9 cm³/mol. The number of aliphatic hydroxyl groups is 1. The van der Waals surface area contributed by atoms with Gasteiger partial charge in [0.25, 0.3) is 0 Å². The van der Waals surface area contributed by atoms with E-state index in [1.54, 1.807) is 0 Å². The van der Waals surface area contributed by atoms with Gasteiger partial charge in [-0.05, 0) is 58.3 Å². The van der Waals surface area contributed by atoms with Crippen LogP contribution in [-0.4, -0.2) is 11.2 Å². The van der Waals surface area contributed by atoms with Crippen molar-refractivity contribution in [3.8, 4) is 0 Å². The summed E-state index contributed by atoms with van der Waals surface area (Å²) in [6.07, 6.45) is 24.1. The van der Waals surface area contributed by atoms with Gasteiger partial charge in [-0.2, -0.15) is 0 Å². The highest BCUT2D eigenvalue weighted by Gasteiger charge is 1.94. The summed E-state index contributed by atoms with van der Waals surface area (Å²) in [5, 5.41) is 9.13. The summed E-state index contributed by atoms with van der Waals surface area (Å²) < 4.78 is 0. The Morgan fingerprint density at radius 1 is 0.800 bits per heavy atom. The van der Waals surface area contributed by atoms with Crippen LogP contribution in [0.3, 0.4) is 0 Å². The van der Waals surface area contributed by atoms with Crippen LogP contribution in [0.5, 0.6) is 0 Å². The molecule has 1 nitrogen and oxygen atoms in total. The van der Waals surface area contributed by atoms with Crippen LogP contribution < -0.4 is 0 Å². The average molecular weight is 278 g/mol. The van der Waals surface area contributed by atoms with Crippen LogP contribution in [0.25, 0.3) is 0 Å². The first-order valence-electron chi connectivity index (χ1n) is 8.36. The largest absolute Gasteiger partial charge is 0.393 e. The molecule has 0 aliphatic rings. The van der Waals surface area contributed by atoms with E-state index in [0.29, 0.717) is 0 Å². The first-order chi connectivity index (χ1) is 9.77. The Kier molecular flexibility index (Phi) is 15.6. The Morgan fingerprint density at radius 2 is 1.35 bits per heavy atom. The molecule has 0 radical (unpaired) electrons. The van der Waals surface area contributed by atoms with Crippen LogP contribution in [0.2, 0.25) is 0 Å². The van der Waals surface area contributed by atoms with E-state index in [9.17, 15) is 0 Å². The Bertz CT molecular complexity index is 250. The van der Waals surface area contributed by atoms with Crippen LogP contribution >= 0.6 is 0 Å². The highest BCUT2D eigenvalue weighted by molar-refractivity contribution is 4.92. The van der Waals surface area contributed by atoms with Gasteiger partial charge < -0.3 is 5.11 Å². The Hall–Kier alpha value is -0.820. The lowest BCUT2D eigenvalue weighted by Crippen LogP contribution is -1.97. The van der Waals surface area contributed by atoms with Crippen LogP contribution in [0.4, 0.5) is 0 Å². The zero-order valence-corrected chi connectivity index (χ0v) is 13.4. The molecule has 0 bridgehead atoms. The molecule has 0 heterocycles. The Morgan fingerprint density at radius 3 is 1.90 bits per heavy atom. The number of rotatable bonds is 14. The second kappa shape index (κ2) is 16.2. The second-order valence-electron chi connectivity index (χ2n) is 5.59. The number of allylic oxidation sites excluding steroid dienone is 5.